The number of aromatic nitrogens is 4. The number of benzene rings is 1. The molecule has 0 aliphatic heterocycles. The second kappa shape index (κ2) is 9.25. The first kappa shape index (κ1) is 19.7. The van der Waals surface area contributed by atoms with Crippen molar-refractivity contribution in [2.24, 2.45) is 5.92 Å². The monoisotopic (exact) mass is 383 g/mol. The Labute approximate surface area is 164 Å². The molecule has 1 fully saturated rings. The smallest absolute Gasteiger partial charge is 0.357 e. The molecule has 3 rings (SSSR count). The van der Waals surface area contributed by atoms with Crippen molar-refractivity contribution in [3.05, 3.63) is 41.7 Å². The van der Waals surface area contributed by atoms with Crippen LogP contribution in [0.15, 0.2) is 30.3 Å². The highest BCUT2D eigenvalue weighted by molar-refractivity contribution is 6.15. The van der Waals surface area contributed by atoms with Gasteiger partial charge in [0.2, 0.25) is 0 Å². The van der Waals surface area contributed by atoms with E-state index in [-0.39, 0.29) is 24.3 Å². The molecule has 1 amide bonds. The van der Waals surface area contributed by atoms with E-state index in [1.165, 1.54) is 11.1 Å². The van der Waals surface area contributed by atoms with Gasteiger partial charge in [-0.15, -0.1) is 5.10 Å². The first-order chi connectivity index (χ1) is 13.5. The number of ether oxygens (including phenoxy) is 1. The van der Waals surface area contributed by atoms with Gasteiger partial charge in [0.25, 0.3) is 5.91 Å². The lowest BCUT2D eigenvalue weighted by Gasteiger charge is -2.29. The number of aryl methyl sites for hydroxylation is 1. The largest absolute Gasteiger partial charge is 0.451 e. The van der Waals surface area contributed by atoms with Gasteiger partial charge in [-0.2, -0.15) is 4.68 Å². The Morgan fingerprint density at radius 1 is 1.25 bits per heavy atom. The molecule has 1 N–H and O–H groups in total. The lowest BCUT2D eigenvalue weighted by Crippen LogP contribution is -2.43. The van der Waals surface area contributed by atoms with Crippen LogP contribution in [0.3, 0.4) is 0 Å². The number of amides is 1. The fourth-order valence-corrected chi connectivity index (χ4v) is 3.35. The van der Waals surface area contributed by atoms with Crippen LogP contribution >= 0.6 is 0 Å². The first-order valence-corrected chi connectivity index (χ1v) is 9.53. The third-order valence-electron chi connectivity index (χ3n) is 4.96. The molecular weight excluding hydrogens is 358 g/mol. The van der Waals surface area contributed by atoms with E-state index >= 15 is 0 Å². The highest BCUT2D eigenvalue weighted by Crippen LogP contribution is 2.23. The van der Waals surface area contributed by atoms with Gasteiger partial charge in [0.15, 0.2) is 18.1 Å². The molecule has 0 unspecified atom stereocenters. The second-order valence-corrected chi connectivity index (χ2v) is 7.09. The maximum Gasteiger partial charge on any atom is 0.357 e. The van der Waals surface area contributed by atoms with Crippen LogP contribution in [0.1, 0.15) is 44.0 Å². The fourth-order valence-electron chi connectivity index (χ4n) is 3.35. The molecule has 8 heteroatoms. The topological polar surface area (TPSA) is 99.0 Å². The molecule has 1 aliphatic carbocycles. The lowest BCUT2D eigenvalue weighted by molar-refractivity contribution is -0.143. The van der Waals surface area contributed by atoms with Crippen LogP contribution in [-0.2, 0) is 14.3 Å². The van der Waals surface area contributed by atoms with Gasteiger partial charge < -0.3 is 10.1 Å². The number of tetrazole rings is 1. The lowest BCUT2D eigenvalue weighted by atomic mass is 9.86. The number of nitrogens with one attached hydrogen (secondary N) is 1. The van der Waals surface area contributed by atoms with Crippen LogP contribution in [0, 0.1) is 12.8 Å². The van der Waals surface area contributed by atoms with Crippen molar-refractivity contribution in [1.29, 1.82) is 0 Å². The first-order valence-electron chi connectivity index (χ1n) is 9.53. The molecule has 0 radical (unpaired) electrons. The predicted octanol–water partition coefficient (Wildman–Crippen LogP) is 2.22. The Balaban J connectivity index is 1.67. The molecule has 2 atom stereocenters. The van der Waals surface area contributed by atoms with E-state index in [0.29, 0.717) is 11.7 Å². The summed E-state index contributed by atoms with van der Waals surface area (Å²) in [6.07, 6.45) is 6.00. The Bertz CT molecular complexity index is 847. The van der Waals surface area contributed by atoms with Gasteiger partial charge in [-0.3, -0.25) is 4.79 Å². The van der Waals surface area contributed by atoms with Gasteiger partial charge in [-0.1, -0.05) is 50.1 Å². The van der Waals surface area contributed by atoms with Crippen molar-refractivity contribution in [3.8, 4) is 0 Å². The van der Waals surface area contributed by atoms with Crippen LogP contribution < -0.4 is 5.32 Å². The summed E-state index contributed by atoms with van der Waals surface area (Å²) < 4.78 is 6.56. The van der Waals surface area contributed by atoms with E-state index < -0.39 is 5.97 Å². The summed E-state index contributed by atoms with van der Waals surface area (Å²) in [5.41, 5.74) is 0.942. The number of esters is 1. The standard InChI is InChI=1S/C20H25N5O3/c1-14-8-6-7-11-17(14)21-19(26)13-28-20(27)18(25-15(2)22-23-24-25)12-16-9-4-3-5-10-16/h3-5,9-10,12,14,17H,6-8,11,13H2,1-2H3,(H,21,26)/b18-12-/t14-,17+/m0/s1. The summed E-state index contributed by atoms with van der Waals surface area (Å²) in [6, 6.07) is 9.45. The molecule has 1 aromatic carbocycles. The Morgan fingerprint density at radius 3 is 2.68 bits per heavy atom. The van der Waals surface area contributed by atoms with E-state index in [4.69, 9.17) is 4.74 Å². The Kier molecular flexibility index (Phi) is 6.52. The normalized spacial score (nSPS) is 19.9. The molecule has 28 heavy (non-hydrogen) atoms. The molecule has 1 aromatic heterocycles. The summed E-state index contributed by atoms with van der Waals surface area (Å²) in [6.45, 7) is 3.48. The van der Waals surface area contributed by atoms with Crippen molar-refractivity contribution in [1.82, 2.24) is 25.5 Å². The maximum atomic E-state index is 12.7. The summed E-state index contributed by atoms with van der Waals surface area (Å²) in [7, 11) is 0. The molecule has 8 nitrogen and oxygen atoms in total. The minimum absolute atomic E-state index is 0.140. The number of carbonyl (C=O) groups is 2. The van der Waals surface area contributed by atoms with Gasteiger partial charge >= 0.3 is 5.97 Å². The summed E-state index contributed by atoms with van der Waals surface area (Å²) >= 11 is 0. The maximum absolute atomic E-state index is 12.7. The van der Waals surface area contributed by atoms with Crippen LogP contribution in [0.4, 0.5) is 0 Å². The second-order valence-electron chi connectivity index (χ2n) is 7.09. The molecule has 2 aromatic rings. The van der Waals surface area contributed by atoms with E-state index in [1.807, 2.05) is 30.3 Å². The van der Waals surface area contributed by atoms with Gasteiger partial charge in [-0.25, -0.2) is 4.79 Å². The van der Waals surface area contributed by atoms with Crippen LogP contribution in [-0.4, -0.2) is 44.7 Å². The van der Waals surface area contributed by atoms with Gasteiger partial charge in [-0.05, 0) is 47.7 Å². The number of carbonyl (C=O) groups excluding carboxylic acids is 2. The number of hydrogen-bond donors (Lipinski definition) is 1. The Morgan fingerprint density at radius 2 is 2.00 bits per heavy atom. The average molecular weight is 383 g/mol. The highest BCUT2D eigenvalue weighted by atomic mass is 16.5. The summed E-state index contributed by atoms with van der Waals surface area (Å²) in [4.78, 5) is 24.9. The van der Waals surface area contributed by atoms with Crippen molar-refractivity contribution in [2.45, 2.75) is 45.6 Å². The predicted molar refractivity (Wildman–Crippen MR) is 104 cm³/mol. The van der Waals surface area contributed by atoms with Crippen molar-refractivity contribution >= 4 is 23.6 Å². The molecule has 1 heterocycles. The third kappa shape index (κ3) is 5.03. The van der Waals surface area contributed by atoms with Gasteiger partial charge in [0.05, 0.1) is 0 Å². The van der Waals surface area contributed by atoms with E-state index in [2.05, 4.69) is 27.8 Å². The van der Waals surface area contributed by atoms with E-state index in [0.717, 1.165) is 24.8 Å². The Hall–Kier alpha value is -3.03. The zero-order valence-electron chi connectivity index (χ0n) is 16.2. The van der Waals surface area contributed by atoms with Gasteiger partial charge in [0, 0.05) is 6.04 Å². The van der Waals surface area contributed by atoms with Crippen molar-refractivity contribution in [2.75, 3.05) is 6.61 Å². The van der Waals surface area contributed by atoms with Gasteiger partial charge in [0.1, 0.15) is 0 Å². The number of hydrogen-bond acceptors (Lipinski definition) is 6. The zero-order chi connectivity index (χ0) is 19.9. The molecule has 148 valence electrons. The fraction of sp³-hybridized carbons (Fsp3) is 0.450. The van der Waals surface area contributed by atoms with E-state index in [9.17, 15) is 9.59 Å². The van der Waals surface area contributed by atoms with Crippen molar-refractivity contribution < 1.29 is 14.3 Å². The number of nitrogens with zero attached hydrogens (tertiary/aromatic N) is 4. The minimum atomic E-state index is -0.661. The SMILES string of the molecule is Cc1nnnn1/C(=C\c1ccccc1)C(=O)OCC(=O)N[C@@H]1CCCC[C@@H]1C. The van der Waals surface area contributed by atoms with Crippen LogP contribution in [0.5, 0.6) is 0 Å². The zero-order valence-corrected chi connectivity index (χ0v) is 16.2. The molecule has 0 spiro atoms. The third-order valence-corrected chi connectivity index (χ3v) is 4.96. The summed E-state index contributed by atoms with van der Waals surface area (Å²) in [5, 5.41) is 14.2. The molecule has 0 saturated heterocycles. The van der Waals surface area contributed by atoms with E-state index in [1.54, 1.807) is 13.0 Å². The molecule has 1 aliphatic rings. The minimum Gasteiger partial charge on any atom is -0.451 e. The van der Waals surface area contributed by atoms with Crippen LogP contribution in [0.2, 0.25) is 0 Å². The quantitative estimate of drug-likeness (QED) is 0.607. The molecule has 0 bridgehead atoms. The number of rotatable bonds is 6. The summed E-state index contributed by atoms with van der Waals surface area (Å²) in [5.74, 6) is -0.0730. The molecular formula is C20H25N5O3. The van der Waals surface area contributed by atoms with Crippen LogP contribution in [0.25, 0.3) is 11.8 Å². The van der Waals surface area contributed by atoms with Crippen molar-refractivity contribution in [3.63, 3.8) is 0 Å². The molecule has 1 saturated carbocycles. The average Bonchev–Trinajstić information content (AvgIpc) is 3.12. The highest BCUT2D eigenvalue weighted by Gasteiger charge is 2.24.